The van der Waals surface area contributed by atoms with Crippen LogP contribution in [0.25, 0.3) is 10.9 Å². The summed E-state index contributed by atoms with van der Waals surface area (Å²) in [6.07, 6.45) is 5.27. The molecule has 122 valence electrons. The van der Waals surface area contributed by atoms with Gasteiger partial charge in [-0.2, -0.15) is 0 Å². The molecular weight excluding hydrogens is 290 g/mol. The number of fused-ring (bicyclic) bond motifs is 1. The highest BCUT2D eigenvalue weighted by atomic mass is 16.2. The van der Waals surface area contributed by atoms with E-state index in [-0.39, 0.29) is 11.5 Å². The summed E-state index contributed by atoms with van der Waals surface area (Å²) in [6.45, 7) is 3.00. The number of nitrogens with zero attached hydrogens (tertiary/aromatic N) is 2. The van der Waals surface area contributed by atoms with Crippen LogP contribution in [0.5, 0.6) is 0 Å². The van der Waals surface area contributed by atoms with Gasteiger partial charge in [-0.05, 0) is 44.7 Å². The molecule has 1 amide bonds. The Kier molecular flexibility index (Phi) is 4.74. The second-order valence-corrected chi connectivity index (χ2v) is 6.32. The number of likely N-dealkylation sites (tertiary alicyclic amines) is 1. The fraction of sp³-hybridized carbons (Fsp3) is 0.500. The molecule has 1 saturated heterocycles. The molecule has 1 N–H and O–H groups in total. The maximum absolute atomic E-state index is 12.3. The number of para-hydroxylation sites is 1. The maximum Gasteiger partial charge on any atom is 0.258 e. The number of amides is 1. The number of H-pyrrole nitrogens is 1. The molecule has 23 heavy (non-hydrogen) atoms. The lowest BCUT2D eigenvalue weighted by atomic mass is 10.0. The van der Waals surface area contributed by atoms with Gasteiger partial charge in [-0.25, -0.2) is 4.98 Å². The van der Waals surface area contributed by atoms with E-state index in [2.05, 4.69) is 16.9 Å². The van der Waals surface area contributed by atoms with Gasteiger partial charge in [0.25, 0.3) is 5.56 Å². The van der Waals surface area contributed by atoms with E-state index >= 15 is 0 Å². The van der Waals surface area contributed by atoms with E-state index < -0.39 is 0 Å². The summed E-state index contributed by atoms with van der Waals surface area (Å²) in [5.41, 5.74) is 0.601. The van der Waals surface area contributed by atoms with Gasteiger partial charge in [0.05, 0.1) is 10.9 Å². The van der Waals surface area contributed by atoms with E-state index in [1.807, 2.05) is 23.1 Å². The number of benzene rings is 1. The zero-order valence-electron chi connectivity index (χ0n) is 13.5. The molecule has 2 heterocycles. The van der Waals surface area contributed by atoms with Gasteiger partial charge in [-0.15, -0.1) is 0 Å². The van der Waals surface area contributed by atoms with Crippen LogP contribution in [0.3, 0.4) is 0 Å². The number of aryl methyl sites for hydroxylation is 1. The van der Waals surface area contributed by atoms with Crippen LogP contribution in [0, 0.1) is 0 Å². The molecule has 0 radical (unpaired) electrons. The molecule has 5 nitrogen and oxygen atoms in total. The molecule has 1 aromatic carbocycles. The lowest BCUT2D eigenvalue weighted by molar-refractivity contribution is -0.134. The number of hydrogen-bond donors (Lipinski definition) is 1. The lowest BCUT2D eigenvalue weighted by Gasteiger charge is -2.33. The fourth-order valence-corrected chi connectivity index (χ4v) is 3.27. The number of nitrogens with one attached hydrogen (secondary N) is 1. The van der Waals surface area contributed by atoms with Gasteiger partial charge in [0, 0.05) is 25.4 Å². The highest BCUT2D eigenvalue weighted by Gasteiger charge is 2.22. The van der Waals surface area contributed by atoms with E-state index in [1.54, 1.807) is 6.07 Å². The van der Waals surface area contributed by atoms with Crippen LogP contribution < -0.4 is 5.56 Å². The third kappa shape index (κ3) is 3.60. The van der Waals surface area contributed by atoms with E-state index in [9.17, 15) is 9.59 Å². The summed E-state index contributed by atoms with van der Waals surface area (Å²) in [5, 5.41) is 0.606. The molecule has 0 aliphatic carbocycles. The Morgan fingerprint density at radius 3 is 3.00 bits per heavy atom. The largest absolute Gasteiger partial charge is 0.340 e. The average Bonchev–Trinajstić information content (AvgIpc) is 2.55. The van der Waals surface area contributed by atoms with Crippen molar-refractivity contribution in [2.24, 2.45) is 0 Å². The van der Waals surface area contributed by atoms with Gasteiger partial charge in [0.2, 0.25) is 5.91 Å². The van der Waals surface area contributed by atoms with Crippen LogP contribution in [0.1, 0.15) is 44.9 Å². The topological polar surface area (TPSA) is 66.1 Å². The number of carbonyl (C=O) groups excluding carboxylic acids is 1. The zero-order chi connectivity index (χ0) is 16.2. The van der Waals surface area contributed by atoms with Crippen molar-refractivity contribution in [2.45, 2.75) is 51.5 Å². The second kappa shape index (κ2) is 6.94. The van der Waals surface area contributed by atoms with Crippen LogP contribution in [-0.4, -0.2) is 33.4 Å². The number of hydrogen-bond acceptors (Lipinski definition) is 3. The van der Waals surface area contributed by atoms with Gasteiger partial charge >= 0.3 is 0 Å². The minimum Gasteiger partial charge on any atom is -0.340 e. The van der Waals surface area contributed by atoms with Crippen molar-refractivity contribution in [1.29, 1.82) is 0 Å². The minimum absolute atomic E-state index is 0.110. The van der Waals surface area contributed by atoms with Gasteiger partial charge in [0.15, 0.2) is 0 Å². The third-order valence-corrected chi connectivity index (χ3v) is 4.59. The molecular formula is C18H23N3O2. The normalized spacial score (nSPS) is 18.3. The Morgan fingerprint density at radius 1 is 1.35 bits per heavy atom. The van der Waals surface area contributed by atoms with Crippen molar-refractivity contribution in [3.8, 4) is 0 Å². The summed E-state index contributed by atoms with van der Waals surface area (Å²) in [7, 11) is 0. The number of aromatic amines is 1. The highest BCUT2D eigenvalue weighted by molar-refractivity contribution is 5.77. The quantitative estimate of drug-likeness (QED) is 0.943. The van der Waals surface area contributed by atoms with E-state index in [0.29, 0.717) is 42.0 Å². The first-order valence-electron chi connectivity index (χ1n) is 8.42. The number of aromatic nitrogens is 2. The summed E-state index contributed by atoms with van der Waals surface area (Å²) >= 11 is 0. The SMILES string of the molecule is CC1CCCCN1C(=O)CCCc1nc2ccccc2c(=O)[nH]1. The zero-order valence-corrected chi connectivity index (χ0v) is 13.5. The Balaban J connectivity index is 1.60. The first-order chi connectivity index (χ1) is 11.1. The van der Waals surface area contributed by atoms with Crippen molar-refractivity contribution in [1.82, 2.24) is 14.9 Å². The molecule has 5 heteroatoms. The molecule has 1 aliphatic heterocycles. The summed E-state index contributed by atoms with van der Waals surface area (Å²) in [5.74, 6) is 0.883. The van der Waals surface area contributed by atoms with E-state index in [0.717, 1.165) is 19.4 Å². The Labute approximate surface area is 135 Å². The van der Waals surface area contributed by atoms with Crippen LogP contribution in [0.15, 0.2) is 29.1 Å². The monoisotopic (exact) mass is 313 g/mol. The van der Waals surface area contributed by atoms with Gasteiger partial charge in [-0.3, -0.25) is 9.59 Å². The van der Waals surface area contributed by atoms with Crippen molar-refractivity contribution < 1.29 is 4.79 Å². The van der Waals surface area contributed by atoms with Gasteiger partial charge in [0.1, 0.15) is 5.82 Å². The molecule has 1 fully saturated rings. The predicted molar refractivity (Wildman–Crippen MR) is 90.3 cm³/mol. The lowest BCUT2D eigenvalue weighted by Crippen LogP contribution is -2.41. The van der Waals surface area contributed by atoms with Crippen LogP contribution in [0.2, 0.25) is 0 Å². The van der Waals surface area contributed by atoms with Crippen molar-refractivity contribution in [2.75, 3.05) is 6.54 Å². The summed E-state index contributed by atoms with van der Waals surface area (Å²) in [4.78, 5) is 33.6. The maximum atomic E-state index is 12.3. The van der Waals surface area contributed by atoms with Crippen LogP contribution in [0.4, 0.5) is 0 Å². The molecule has 1 aromatic heterocycles. The summed E-state index contributed by atoms with van der Waals surface area (Å²) < 4.78 is 0. The van der Waals surface area contributed by atoms with E-state index in [4.69, 9.17) is 0 Å². The molecule has 3 rings (SSSR count). The molecule has 2 aromatic rings. The molecule has 0 spiro atoms. The van der Waals surface area contributed by atoms with E-state index in [1.165, 1.54) is 6.42 Å². The third-order valence-electron chi connectivity index (χ3n) is 4.59. The average molecular weight is 313 g/mol. The molecule has 1 aliphatic rings. The predicted octanol–water partition coefficient (Wildman–Crippen LogP) is 2.65. The number of carbonyl (C=O) groups is 1. The highest BCUT2D eigenvalue weighted by Crippen LogP contribution is 2.18. The number of piperidine rings is 1. The second-order valence-electron chi connectivity index (χ2n) is 6.32. The number of rotatable bonds is 4. The Hall–Kier alpha value is -2.17. The minimum atomic E-state index is -0.110. The van der Waals surface area contributed by atoms with Gasteiger partial charge < -0.3 is 9.88 Å². The van der Waals surface area contributed by atoms with Crippen LogP contribution >= 0.6 is 0 Å². The Bertz CT molecular complexity index is 753. The molecule has 0 saturated carbocycles. The molecule has 1 atom stereocenters. The first-order valence-corrected chi connectivity index (χ1v) is 8.42. The van der Waals surface area contributed by atoms with Crippen molar-refractivity contribution in [3.63, 3.8) is 0 Å². The van der Waals surface area contributed by atoms with Crippen LogP contribution in [-0.2, 0) is 11.2 Å². The molecule has 0 bridgehead atoms. The van der Waals surface area contributed by atoms with Crippen molar-refractivity contribution in [3.05, 3.63) is 40.4 Å². The molecule has 1 unspecified atom stereocenters. The smallest absolute Gasteiger partial charge is 0.258 e. The van der Waals surface area contributed by atoms with Gasteiger partial charge in [-0.1, -0.05) is 12.1 Å². The first kappa shape index (κ1) is 15.7. The Morgan fingerprint density at radius 2 is 2.17 bits per heavy atom. The van der Waals surface area contributed by atoms with Crippen molar-refractivity contribution >= 4 is 16.8 Å². The summed E-state index contributed by atoms with van der Waals surface area (Å²) in [6, 6.07) is 7.67. The fourth-order valence-electron chi connectivity index (χ4n) is 3.27. The standard InChI is InChI=1S/C18H23N3O2/c1-13-7-4-5-12-21(13)17(22)11-6-10-16-19-15-9-3-2-8-14(15)18(23)20-16/h2-3,8-9,13H,4-7,10-12H2,1H3,(H,19,20,23).